The third-order valence-electron chi connectivity index (χ3n) is 7.40. The van der Waals surface area contributed by atoms with Crippen LogP contribution >= 0.6 is 0 Å². The molecule has 2 N–H and O–H groups in total. The Morgan fingerprint density at radius 2 is 1.92 bits per heavy atom. The van der Waals surface area contributed by atoms with Crippen molar-refractivity contribution in [2.24, 2.45) is 5.92 Å². The van der Waals surface area contributed by atoms with Gasteiger partial charge in [-0.2, -0.15) is 5.10 Å². The average Bonchev–Trinajstić information content (AvgIpc) is 3.28. The third-order valence-corrected chi connectivity index (χ3v) is 7.40. The number of hydrogen-bond acceptors (Lipinski definition) is 5. The standard InChI is InChI=1S/C28H34FN5O2/c1-2-26(36)33-14-15-34-23(18-33)27(28(32-34)20-8-10-22(29)11-9-20)21-12-13-30-24(17-21)31-25(35)16-19-6-4-3-5-7-19/h8-13,17,19,25,35H,2-7,14-16,18H2,1H3,(H,30,31). The molecule has 1 aliphatic carbocycles. The maximum atomic E-state index is 13.7. The summed E-state index contributed by atoms with van der Waals surface area (Å²) < 4.78 is 15.6. The minimum atomic E-state index is -0.661. The van der Waals surface area contributed by atoms with Crippen LogP contribution in [0.5, 0.6) is 0 Å². The minimum Gasteiger partial charge on any atom is -0.374 e. The van der Waals surface area contributed by atoms with Gasteiger partial charge in [0.2, 0.25) is 5.91 Å². The van der Waals surface area contributed by atoms with Crippen molar-refractivity contribution in [1.29, 1.82) is 0 Å². The van der Waals surface area contributed by atoms with E-state index in [2.05, 4.69) is 10.3 Å². The average molecular weight is 492 g/mol. The van der Waals surface area contributed by atoms with E-state index in [1.165, 1.54) is 44.2 Å². The van der Waals surface area contributed by atoms with Crippen LogP contribution in [-0.2, 0) is 17.9 Å². The quantitative estimate of drug-likeness (QED) is 0.444. The van der Waals surface area contributed by atoms with Crippen LogP contribution in [-0.4, -0.2) is 43.5 Å². The molecule has 5 rings (SSSR count). The van der Waals surface area contributed by atoms with E-state index in [-0.39, 0.29) is 11.7 Å². The molecule has 1 fully saturated rings. The first kappa shape index (κ1) is 24.4. The summed E-state index contributed by atoms with van der Waals surface area (Å²) in [5.74, 6) is 0.948. The smallest absolute Gasteiger partial charge is 0.222 e. The van der Waals surface area contributed by atoms with Crippen LogP contribution in [0, 0.1) is 11.7 Å². The van der Waals surface area contributed by atoms with Crippen LogP contribution < -0.4 is 5.32 Å². The normalized spacial score (nSPS) is 17.0. The van der Waals surface area contributed by atoms with E-state index in [1.54, 1.807) is 18.3 Å². The molecule has 2 aliphatic rings. The van der Waals surface area contributed by atoms with E-state index in [1.807, 2.05) is 28.6 Å². The Labute approximate surface area is 211 Å². The number of pyridine rings is 1. The number of anilines is 1. The molecule has 1 aromatic carbocycles. The molecule has 0 radical (unpaired) electrons. The number of carbonyl (C=O) groups is 1. The number of fused-ring (bicyclic) bond motifs is 1. The van der Waals surface area contributed by atoms with Crippen molar-refractivity contribution in [2.75, 3.05) is 11.9 Å². The number of aromatic nitrogens is 3. The Bertz CT molecular complexity index is 1200. The van der Waals surface area contributed by atoms with Crippen molar-refractivity contribution < 1.29 is 14.3 Å². The van der Waals surface area contributed by atoms with Gasteiger partial charge in [0.25, 0.3) is 0 Å². The van der Waals surface area contributed by atoms with Gasteiger partial charge in [0.1, 0.15) is 23.6 Å². The summed E-state index contributed by atoms with van der Waals surface area (Å²) >= 11 is 0. The molecule has 7 nitrogen and oxygen atoms in total. The number of hydrogen-bond donors (Lipinski definition) is 2. The molecule has 1 amide bonds. The zero-order valence-electron chi connectivity index (χ0n) is 20.8. The lowest BCUT2D eigenvalue weighted by Gasteiger charge is -2.28. The van der Waals surface area contributed by atoms with Gasteiger partial charge in [0, 0.05) is 30.3 Å². The minimum absolute atomic E-state index is 0.111. The Morgan fingerprint density at radius 3 is 2.67 bits per heavy atom. The zero-order chi connectivity index (χ0) is 25.1. The summed E-state index contributed by atoms with van der Waals surface area (Å²) in [5.41, 5.74) is 4.30. The molecule has 0 spiro atoms. The highest BCUT2D eigenvalue weighted by Gasteiger charge is 2.28. The fourth-order valence-electron chi connectivity index (χ4n) is 5.50. The number of rotatable bonds is 7. The summed E-state index contributed by atoms with van der Waals surface area (Å²) in [6.07, 6.45) is 8.33. The molecular weight excluding hydrogens is 457 g/mol. The van der Waals surface area contributed by atoms with E-state index in [9.17, 15) is 14.3 Å². The number of aliphatic hydroxyl groups is 1. The number of nitrogens with zero attached hydrogens (tertiary/aromatic N) is 4. The number of carbonyl (C=O) groups excluding carboxylic acids is 1. The van der Waals surface area contributed by atoms with E-state index < -0.39 is 6.23 Å². The molecule has 8 heteroatoms. The molecule has 0 saturated heterocycles. The van der Waals surface area contributed by atoms with Crippen LogP contribution in [0.15, 0.2) is 42.6 Å². The zero-order valence-corrected chi connectivity index (χ0v) is 20.8. The van der Waals surface area contributed by atoms with Crippen LogP contribution in [0.3, 0.4) is 0 Å². The van der Waals surface area contributed by atoms with Crippen molar-refractivity contribution in [3.05, 3.63) is 54.1 Å². The van der Waals surface area contributed by atoms with Gasteiger partial charge < -0.3 is 15.3 Å². The SMILES string of the molecule is CCC(=O)N1CCn2nc(-c3ccc(F)cc3)c(-c3ccnc(NC(O)CC4CCCCC4)c3)c2C1. The van der Waals surface area contributed by atoms with Crippen molar-refractivity contribution in [3.63, 3.8) is 0 Å². The molecular formula is C28H34FN5O2. The molecule has 190 valence electrons. The van der Waals surface area contributed by atoms with Crippen molar-refractivity contribution in [3.8, 4) is 22.4 Å². The van der Waals surface area contributed by atoms with Crippen LogP contribution in [0.25, 0.3) is 22.4 Å². The van der Waals surface area contributed by atoms with Gasteiger partial charge in [-0.3, -0.25) is 9.48 Å². The topological polar surface area (TPSA) is 83.3 Å². The highest BCUT2D eigenvalue weighted by Crippen LogP contribution is 2.37. The second-order valence-electron chi connectivity index (χ2n) is 9.90. The molecule has 2 aromatic heterocycles. The van der Waals surface area contributed by atoms with Gasteiger partial charge >= 0.3 is 0 Å². The van der Waals surface area contributed by atoms with Gasteiger partial charge in [-0.05, 0) is 54.3 Å². The molecule has 3 heterocycles. The predicted octanol–water partition coefficient (Wildman–Crippen LogP) is 5.20. The predicted molar refractivity (Wildman–Crippen MR) is 137 cm³/mol. The summed E-state index contributed by atoms with van der Waals surface area (Å²) in [7, 11) is 0. The van der Waals surface area contributed by atoms with E-state index >= 15 is 0 Å². The largest absolute Gasteiger partial charge is 0.374 e. The first-order valence-corrected chi connectivity index (χ1v) is 13.1. The Morgan fingerprint density at radius 1 is 1.14 bits per heavy atom. The fraction of sp³-hybridized carbons (Fsp3) is 0.464. The summed E-state index contributed by atoms with van der Waals surface area (Å²) in [5, 5.41) is 18.8. The van der Waals surface area contributed by atoms with Crippen molar-refractivity contribution in [1.82, 2.24) is 19.7 Å². The first-order valence-electron chi connectivity index (χ1n) is 13.1. The number of benzene rings is 1. The molecule has 1 aliphatic heterocycles. The maximum absolute atomic E-state index is 13.7. The molecule has 36 heavy (non-hydrogen) atoms. The van der Waals surface area contributed by atoms with Crippen molar-refractivity contribution >= 4 is 11.7 Å². The van der Waals surface area contributed by atoms with Gasteiger partial charge in [-0.15, -0.1) is 0 Å². The maximum Gasteiger partial charge on any atom is 0.222 e. The van der Waals surface area contributed by atoms with Crippen LogP contribution in [0.1, 0.15) is 57.6 Å². The number of nitrogens with one attached hydrogen (secondary N) is 1. The van der Waals surface area contributed by atoms with Gasteiger partial charge in [0.15, 0.2) is 0 Å². The molecule has 3 aromatic rings. The summed E-state index contributed by atoms with van der Waals surface area (Å²) in [4.78, 5) is 18.8. The van der Waals surface area contributed by atoms with Crippen LogP contribution in [0.2, 0.25) is 0 Å². The number of aliphatic hydroxyl groups excluding tert-OH is 1. The second kappa shape index (κ2) is 10.8. The Kier molecular flexibility index (Phi) is 7.32. The van der Waals surface area contributed by atoms with Gasteiger partial charge in [-0.25, -0.2) is 9.37 Å². The fourth-order valence-corrected chi connectivity index (χ4v) is 5.50. The number of amides is 1. The summed E-state index contributed by atoms with van der Waals surface area (Å²) in [6.45, 7) is 3.55. The van der Waals surface area contributed by atoms with E-state index in [0.717, 1.165) is 28.1 Å². The second-order valence-corrected chi connectivity index (χ2v) is 9.90. The highest BCUT2D eigenvalue weighted by atomic mass is 19.1. The lowest BCUT2D eigenvalue weighted by molar-refractivity contribution is -0.132. The van der Waals surface area contributed by atoms with Gasteiger partial charge in [-0.1, -0.05) is 39.0 Å². The monoisotopic (exact) mass is 491 g/mol. The van der Waals surface area contributed by atoms with E-state index in [4.69, 9.17) is 5.10 Å². The van der Waals surface area contributed by atoms with Crippen molar-refractivity contribution in [2.45, 2.75) is 71.2 Å². The molecule has 0 bridgehead atoms. The molecule has 1 unspecified atom stereocenters. The molecule has 1 saturated carbocycles. The lowest BCUT2D eigenvalue weighted by atomic mass is 9.86. The number of halogens is 1. The Balaban J connectivity index is 1.48. The Hall–Kier alpha value is -3.26. The highest BCUT2D eigenvalue weighted by molar-refractivity contribution is 5.84. The van der Waals surface area contributed by atoms with Gasteiger partial charge in [0.05, 0.1) is 18.8 Å². The molecule has 1 atom stereocenters. The summed E-state index contributed by atoms with van der Waals surface area (Å²) in [6, 6.07) is 10.2. The van der Waals surface area contributed by atoms with Crippen LogP contribution in [0.4, 0.5) is 10.2 Å². The lowest BCUT2D eigenvalue weighted by Crippen LogP contribution is -2.38. The first-order chi connectivity index (χ1) is 17.5. The van der Waals surface area contributed by atoms with E-state index in [0.29, 0.717) is 44.2 Å². The third kappa shape index (κ3) is 5.28.